The summed E-state index contributed by atoms with van der Waals surface area (Å²) in [7, 11) is 0. The van der Waals surface area contributed by atoms with Crippen LogP contribution in [0, 0.1) is 11.3 Å². The zero-order valence-electron chi connectivity index (χ0n) is 12.5. The van der Waals surface area contributed by atoms with Gasteiger partial charge >= 0.3 is 6.18 Å². The van der Waals surface area contributed by atoms with Crippen molar-refractivity contribution >= 4 is 0 Å². The Morgan fingerprint density at radius 2 is 1.16 bits per heavy atom. The molecule has 0 N–H and O–H groups in total. The van der Waals surface area contributed by atoms with Gasteiger partial charge in [-0.25, -0.2) is 0 Å². The Bertz CT molecular complexity index is 421. The Morgan fingerprint density at radius 3 is 1.42 bits per heavy atom. The lowest BCUT2D eigenvalue weighted by atomic mass is 9.58. The van der Waals surface area contributed by atoms with Crippen LogP contribution in [-0.4, -0.2) is 0 Å². The summed E-state index contributed by atoms with van der Waals surface area (Å²) in [5.41, 5.74) is 0.178. The molecule has 0 nitrogen and oxygen atoms in total. The van der Waals surface area contributed by atoms with Gasteiger partial charge < -0.3 is 0 Å². The molecule has 0 aliphatic carbocycles. The van der Waals surface area contributed by atoms with Crippen molar-refractivity contribution in [3.8, 4) is 0 Å². The molecule has 1 aromatic rings. The van der Waals surface area contributed by atoms with Crippen molar-refractivity contribution in [1.82, 2.24) is 0 Å². The van der Waals surface area contributed by atoms with Gasteiger partial charge in [-0.1, -0.05) is 53.7 Å². The first-order valence-electron chi connectivity index (χ1n) is 6.58. The van der Waals surface area contributed by atoms with E-state index >= 15 is 0 Å². The molecule has 0 aromatic heterocycles. The monoisotopic (exact) mass is 272 g/mol. The molecule has 0 amide bonds. The molecule has 0 aliphatic heterocycles. The second kappa shape index (κ2) is 4.84. The van der Waals surface area contributed by atoms with Crippen LogP contribution in [0.2, 0.25) is 0 Å². The third kappa shape index (κ3) is 2.96. The van der Waals surface area contributed by atoms with Crippen LogP contribution in [0.25, 0.3) is 0 Å². The summed E-state index contributed by atoms with van der Waals surface area (Å²) in [6, 6.07) is 5.60. The average Bonchev–Trinajstić information content (AvgIpc) is 2.25. The van der Waals surface area contributed by atoms with E-state index in [0.29, 0.717) is 5.92 Å². The highest BCUT2D eigenvalue weighted by molar-refractivity contribution is 5.32. The smallest absolute Gasteiger partial charge is 0.166 e. The molecule has 0 bridgehead atoms. The van der Waals surface area contributed by atoms with Gasteiger partial charge in [-0.05, 0) is 34.4 Å². The first kappa shape index (κ1) is 16.1. The van der Waals surface area contributed by atoms with Gasteiger partial charge in [0.05, 0.1) is 5.56 Å². The minimum Gasteiger partial charge on any atom is -0.166 e. The van der Waals surface area contributed by atoms with Gasteiger partial charge in [0.1, 0.15) is 0 Å². The molecule has 0 spiro atoms. The fraction of sp³-hybridized carbons (Fsp3) is 0.625. The molecule has 0 unspecified atom stereocenters. The normalized spacial score (nSPS) is 16.5. The molecule has 0 saturated carbocycles. The van der Waals surface area contributed by atoms with E-state index in [4.69, 9.17) is 0 Å². The molecule has 0 radical (unpaired) electrons. The van der Waals surface area contributed by atoms with Gasteiger partial charge in [0.15, 0.2) is 0 Å². The van der Waals surface area contributed by atoms with Gasteiger partial charge in [0.25, 0.3) is 0 Å². The first-order chi connectivity index (χ1) is 8.40. The molecule has 0 fully saturated rings. The number of benzene rings is 1. The maximum Gasteiger partial charge on any atom is 0.416 e. The largest absolute Gasteiger partial charge is 0.416 e. The average molecular weight is 272 g/mol. The lowest BCUT2D eigenvalue weighted by molar-refractivity contribution is -0.137. The molecular weight excluding hydrogens is 249 g/mol. The second-order valence-electron chi connectivity index (χ2n) is 6.68. The maximum atomic E-state index is 12.6. The highest BCUT2D eigenvalue weighted by atomic mass is 19.4. The van der Waals surface area contributed by atoms with Crippen molar-refractivity contribution in [3.05, 3.63) is 35.4 Å². The van der Waals surface area contributed by atoms with Crippen molar-refractivity contribution in [1.29, 1.82) is 0 Å². The topological polar surface area (TPSA) is 0 Å². The van der Waals surface area contributed by atoms with Gasteiger partial charge in [0.2, 0.25) is 0 Å². The summed E-state index contributed by atoms with van der Waals surface area (Å²) in [5, 5.41) is 0. The zero-order valence-corrected chi connectivity index (χ0v) is 12.5. The minimum absolute atomic E-state index is 0.0269. The molecule has 3 heteroatoms. The predicted molar refractivity (Wildman–Crippen MR) is 73.1 cm³/mol. The van der Waals surface area contributed by atoms with E-state index in [2.05, 4.69) is 41.5 Å². The van der Waals surface area contributed by atoms with Gasteiger partial charge in [0, 0.05) is 0 Å². The van der Waals surface area contributed by atoms with Crippen LogP contribution in [0.15, 0.2) is 24.3 Å². The summed E-state index contributed by atoms with van der Waals surface area (Å²) >= 11 is 0. The van der Waals surface area contributed by atoms with Crippen LogP contribution in [0.5, 0.6) is 0 Å². The highest BCUT2D eigenvalue weighted by Gasteiger charge is 2.42. The molecule has 108 valence electrons. The maximum absolute atomic E-state index is 12.6. The van der Waals surface area contributed by atoms with E-state index in [-0.39, 0.29) is 10.8 Å². The van der Waals surface area contributed by atoms with Crippen molar-refractivity contribution in [3.63, 3.8) is 0 Å². The number of rotatable bonds is 2. The zero-order chi connectivity index (χ0) is 15.1. The molecule has 19 heavy (non-hydrogen) atoms. The lowest BCUT2D eigenvalue weighted by Gasteiger charge is -2.46. The van der Waals surface area contributed by atoms with Crippen molar-refractivity contribution in [2.45, 2.75) is 53.1 Å². The summed E-state index contributed by atoms with van der Waals surface area (Å²) in [6.07, 6.45) is -4.27. The molecule has 0 saturated heterocycles. The second-order valence-corrected chi connectivity index (χ2v) is 6.68. The van der Waals surface area contributed by atoms with Crippen LogP contribution in [0.3, 0.4) is 0 Å². The molecule has 1 rings (SSSR count). The Balaban J connectivity index is 3.28. The van der Waals surface area contributed by atoms with Gasteiger partial charge in [-0.15, -0.1) is 0 Å². The van der Waals surface area contributed by atoms with E-state index in [9.17, 15) is 13.2 Å². The Hall–Kier alpha value is -0.990. The Morgan fingerprint density at radius 1 is 0.789 bits per heavy atom. The fourth-order valence-corrected chi connectivity index (χ4v) is 2.64. The highest BCUT2D eigenvalue weighted by Crippen LogP contribution is 2.47. The van der Waals surface area contributed by atoms with E-state index in [1.807, 2.05) is 0 Å². The van der Waals surface area contributed by atoms with Gasteiger partial charge in [-0.2, -0.15) is 13.2 Å². The third-order valence-electron chi connectivity index (χ3n) is 4.52. The van der Waals surface area contributed by atoms with Crippen LogP contribution in [0.1, 0.15) is 52.7 Å². The summed E-state index contributed by atoms with van der Waals surface area (Å²) in [5.74, 6) is 0.337. The number of hydrogen-bond acceptors (Lipinski definition) is 0. The fourth-order valence-electron chi connectivity index (χ4n) is 2.64. The van der Waals surface area contributed by atoms with E-state index in [0.717, 1.165) is 5.56 Å². The van der Waals surface area contributed by atoms with Crippen LogP contribution in [-0.2, 0) is 11.6 Å². The minimum atomic E-state index is -4.27. The quantitative estimate of drug-likeness (QED) is 0.651. The number of hydrogen-bond donors (Lipinski definition) is 0. The van der Waals surface area contributed by atoms with E-state index in [1.54, 1.807) is 12.1 Å². The third-order valence-corrected chi connectivity index (χ3v) is 4.52. The standard InChI is InChI=1S/C16H23F3/c1-11(2)15(6,14(3,4)5)12-7-9-13(10-8-12)16(17,18)19/h7-11H,1-6H3/t15-/m1/s1. The lowest BCUT2D eigenvalue weighted by Crippen LogP contribution is -2.41. The van der Waals surface area contributed by atoms with Crippen LogP contribution >= 0.6 is 0 Å². The first-order valence-corrected chi connectivity index (χ1v) is 6.58. The van der Waals surface area contributed by atoms with Crippen LogP contribution in [0.4, 0.5) is 13.2 Å². The van der Waals surface area contributed by atoms with Crippen LogP contribution < -0.4 is 0 Å². The summed E-state index contributed by atoms with van der Waals surface area (Å²) < 4.78 is 37.8. The molecule has 1 atom stereocenters. The predicted octanol–water partition coefficient (Wildman–Crippen LogP) is 5.67. The Kier molecular flexibility index (Phi) is 4.09. The molecular formula is C16H23F3. The molecule has 0 aliphatic rings. The van der Waals surface area contributed by atoms with E-state index in [1.165, 1.54) is 12.1 Å². The number of halogens is 3. The molecule has 1 aromatic carbocycles. The summed E-state index contributed by atoms with van der Waals surface area (Å²) in [6.45, 7) is 12.7. The van der Waals surface area contributed by atoms with Crippen molar-refractivity contribution in [2.75, 3.05) is 0 Å². The molecule has 0 heterocycles. The SMILES string of the molecule is CC(C)[C@](C)(c1ccc(C(F)(F)F)cc1)C(C)(C)C. The van der Waals surface area contributed by atoms with Crippen molar-refractivity contribution < 1.29 is 13.2 Å². The van der Waals surface area contributed by atoms with Gasteiger partial charge in [-0.3, -0.25) is 0 Å². The number of alkyl halides is 3. The Labute approximate surface area is 114 Å². The van der Waals surface area contributed by atoms with Crippen molar-refractivity contribution in [2.24, 2.45) is 11.3 Å². The summed E-state index contributed by atoms with van der Waals surface area (Å²) in [4.78, 5) is 0. The van der Waals surface area contributed by atoms with E-state index < -0.39 is 11.7 Å².